The number of halogens is 6. The average molecular weight is 649 g/mol. The van der Waals surface area contributed by atoms with Crippen molar-refractivity contribution < 1.29 is 45.4 Å². The molecular weight excluding hydrogens is 618 g/mol. The molecule has 1 saturated heterocycles. The molecule has 1 fully saturated rings. The van der Waals surface area contributed by atoms with Crippen LogP contribution in [0.4, 0.5) is 26.3 Å². The Morgan fingerprint density at radius 2 is 1.54 bits per heavy atom. The standard InChI is InChI=1S/C32H30F6N4O4/c1-20-26(29(43)39-14-17-45-32(36,37)38)10-11-28-27(20)19-42(40-28)18-21-12-15-41(16-13-21)30(44)22-2-6-24(7-3-22)46-25-8-4-23(5-9-25)31(33,34)35/h2-11,19,21H,12-18H2,1H3,(H,39,43). The van der Waals surface area contributed by atoms with Gasteiger partial charge in [-0.15, -0.1) is 13.2 Å². The van der Waals surface area contributed by atoms with Crippen molar-refractivity contribution in [2.75, 3.05) is 26.2 Å². The lowest BCUT2D eigenvalue weighted by atomic mass is 9.96. The molecule has 0 atom stereocenters. The second kappa shape index (κ2) is 13.4. The second-order valence-corrected chi connectivity index (χ2v) is 11.0. The molecule has 8 nitrogen and oxygen atoms in total. The molecule has 0 saturated carbocycles. The summed E-state index contributed by atoms with van der Waals surface area (Å²) in [5.74, 6) is 0.260. The van der Waals surface area contributed by atoms with Crippen molar-refractivity contribution in [2.45, 2.75) is 38.8 Å². The molecule has 2 heterocycles. The molecule has 1 N–H and O–H groups in total. The van der Waals surface area contributed by atoms with Crippen LogP contribution < -0.4 is 10.1 Å². The van der Waals surface area contributed by atoms with Crippen molar-refractivity contribution in [3.05, 3.63) is 89.1 Å². The maximum atomic E-state index is 13.1. The van der Waals surface area contributed by atoms with E-state index in [2.05, 4.69) is 15.2 Å². The number of hydrogen-bond acceptors (Lipinski definition) is 5. The molecule has 0 radical (unpaired) electrons. The molecule has 0 unspecified atom stereocenters. The fourth-order valence-electron chi connectivity index (χ4n) is 5.33. The molecule has 2 amide bonds. The van der Waals surface area contributed by atoms with Gasteiger partial charge in [0.05, 0.1) is 17.7 Å². The molecule has 0 bridgehead atoms. The number of aromatic nitrogens is 2. The number of carbonyl (C=O) groups is 2. The molecular formula is C32H30F6N4O4. The molecule has 46 heavy (non-hydrogen) atoms. The van der Waals surface area contributed by atoms with Gasteiger partial charge < -0.3 is 15.0 Å². The number of rotatable bonds is 9. The van der Waals surface area contributed by atoms with E-state index in [1.807, 2.05) is 10.9 Å². The van der Waals surface area contributed by atoms with Gasteiger partial charge in [-0.2, -0.15) is 18.3 Å². The predicted octanol–water partition coefficient (Wildman–Crippen LogP) is 6.97. The van der Waals surface area contributed by atoms with E-state index in [1.54, 1.807) is 48.2 Å². The zero-order valence-electron chi connectivity index (χ0n) is 24.6. The molecule has 244 valence electrons. The summed E-state index contributed by atoms with van der Waals surface area (Å²) in [5, 5.41) is 7.82. The molecule has 1 aromatic heterocycles. The summed E-state index contributed by atoms with van der Waals surface area (Å²) in [7, 11) is 0. The third-order valence-corrected chi connectivity index (χ3v) is 7.77. The van der Waals surface area contributed by atoms with Gasteiger partial charge in [0.2, 0.25) is 0 Å². The van der Waals surface area contributed by atoms with E-state index in [9.17, 15) is 35.9 Å². The van der Waals surface area contributed by atoms with E-state index in [-0.39, 0.29) is 24.1 Å². The normalized spacial score (nSPS) is 14.5. The first-order valence-electron chi connectivity index (χ1n) is 14.5. The zero-order chi connectivity index (χ0) is 33.1. The Hall–Kier alpha value is -4.59. The Labute approximate surface area is 259 Å². The number of likely N-dealkylation sites (tertiary alicyclic amines) is 1. The first-order valence-corrected chi connectivity index (χ1v) is 14.5. The second-order valence-electron chi connectivity index (χ2n) is 11.0. The van der Waals surface area contributed by atoms with Crippen LogP contribution in [0.2, 0.25) is 0 Å². The lowest BCUT2D eigenvalue weighted by molar-refractivity contribution is -0.323. The molecule has 5 rings (SSSR count). The summed E-state index contributed by atoms with van der Waals surface area (Å²) < 4.78 is 85.9. The Kier molecular flexibility index (Phi) is 9.56. The lowest BCUT2D eigenvalue weighted by Crippen LogP contribution is -2.39. The smallest absolute Gasteiger partial charge is 0.457 e. The quantitative estimate of drug-likeness (QED) is 0.157. The fourth-order valence-corrected chi connectivity index (χ4v) is 5.33. The van der Waals surface area contributed by atoms with E-state index < -0.39 is 30.6 Å². The Balaban J connectivity index is 1.12. The summed E-state index contributed by atoms with van der Waals surface area (Å²) in [6, 6.07) is 14.1. The van der Waals surface area contributed by atoms with Gasteiger partial charge in [0.25, 0.3) is 11.8 Å². The lowest BCUT2D eigenvalue weighted by Gasteiger charge is -2.32. The third-order valence-electron chi connectivity index (χ3n) is 7.77. The first kappa shape index (κ1) is 32.8. The van der Waals surface area contributed by atoms with Crippen LogP contribution >= 0.6 is 0 Å². The molecule has 4 aromatic rings. The number of benzene rings is 3. The van der Waals surface area contributed by atoms with Crippen molar-refractivity contribution in [1.82, 2.24) is 20.0 Å². The number of carbonyl (C=O) groups excluding carboxylic acids is 2. The number of piperidine rings is 1. The maximum Gasteiger partial charge on any atom is 0.522 e. The molecule has 1 aliphatic heterocycles. The van der Waals surface area contributed by atoms with Crippen molar-refractivity contribution in [3.8, 4) is 11.5 Å². The number of fused-ring (bicyclic) bond motifs is 1. The minimum Gasteiger partial charge on any atom is -0.457 e. The highest BCUT2D eigenvalue weighted by Gasteiger charge is 2.30. The van der Waals surface area contributed by atoms with E-state index >= 15 is 0 Å². The van der Waals surface area contributed by atoms with Crippen LogP contribution in [-0.2, 0) is 17.5 Å². The van der Waals surface area contributed by atoms with Gasteiger partial charge >= 0.3 is 12.5 Å². The van der Waals surface area contributed by atoms with Gasteiger partial charge in [-0.05, 0) is 91.9 Å². The highest BCUT2D eigenvalue weighted by Crippen LogP contribution is 2.32. The Bertz CT molecular complexity index is 1680. The summed E-state index contributed by atoms with van der Waals surface area (Å²) in [5.41, 5.74) is 1.39. The maximum absolute atomic E-state index is 13.1. The largest absolute Gasteiger partial charge is 0.522 e. The van der Waals surface area contributed by atoms with Crippen LogP contribution in [0.1, 0.15) is 44.7 Å². The number of amides is 2. The number of hydrogen-bond donors (Lipinski definition) is 1. The van der Waals surface area contributed by atoms with Gasteiger partial charge in [0.1, 0.15) is 11.5 Å². The zero-order valence-corrected chi connectivity index (χ0v) is 24.6. The van der Waals surface area contributed by atoms with Crippen LogP contribution in [0, 0.1) is 12.8 Å². The van der Waals surface area contributed by atoms with Crippen LogP contribution in [0.5, 0.6) is 11.5 Å². The van der Waals surface area contributed by atoms with Gasteiger partial charge in [-0.1, -0.05) is 0 Å². The summed E-state index contributed by atoms with van der Waals surface area (Å²) in [6.45, 7) is 2.50. The molecule has 3 aromatic carbocycles. The monoisotopic (exact) mass is 648 g/mol. The fraction of sp³-hybridized carbons (Fsp3) is 0.344. The summed E-state index contributed by atoms with van der Waals surface area (Å²) >= 11 is 0. The highest BCUT2D eigenvalue weighted by atomic mass is 19.4. The van der Waals surface area contributed by atoms with E-state index in [1.165, 1.54) is 12.1 Å². The number of nitrogens with zero attached hydrogens (tertiary/aromatic N) is 3. The Morgan fingerprint density at radius 1 is 0.913 bits per heavy atom. The highest BCUT2D eigenvalue weighted by molar-refractivity contribution is 6.00. The minimum absolute atomic E-state index is 0.129. The van der Waals surface area contributed by atoms with Gasteiger partial charge in [0.15, 0.2) is 0 Å². The average Bonchev–Trinajstić information content (AvgIpc) is 3.43. The summed E-state index contributed by atoms with van der Waals surface area (Å²) in [6.07, 6.45) is -5.83. The van der Waals surface area contributed by atoms with Gasteiger partial charge in [0, 0.05) is 48.9 Å². The van der Waals surface area contributed by atoms with Crippen LogP contribution in [0.15, 0.2) is 66.9 Å². The number of nitrogens with one attached hydrogen (secondary N) is 1. The molecule has 14 heteroatoms. The van der Waals surface area contributed by atoms with Crippen molar-refractivity contribution >= 4 is 22.7 Å². The van der Waals surface area contributed by atoms with Crippen molar-refractivity contribution in [3.63, 3.8) is 0 Å². The van der Waals surface area contributed by atoms with Gasteiger partial charge in [-0.3, -0.25) is 19.0 Å². The molecule has 0 aliphatic carbocycles. The topological polar surface area (TPSA) is 85.7 Å². The van der Waals surface area contributed by atoms with Crippen LogP contribution in [0.3, 0.4) is 0 Å². The third kappa shape index (κ3) is 8.16. The SMILES string of the molecule is Cc1c(C(=O)NCCOC(F)(F)F)ccc2nn(CC3CCN(C(=O)c4ccc(Oc5ccc(C(F)(F)F)cc5)cc4)CC3)cc12. The number of ether oxygens (including phenoxy) is 2. The summed E-state index contributed by atoms with van der Waals surface area (Å²) in [4.78, 5) is 27.4. The van der Waals surface area contributed by atoms with Crippen LogP contribution in [-0.4, -0.2) is 59.1 Å². The number of aryl methyl sites for hydroxylation is 1. The van der Waals surface area contributed by atoms with Crippen molar-refractivity contribution in [1.29, 1.82) is 0 Å². The van der Waals surface area contributed by atoms with E-state index in [0.29, 0.717) is 47.6 Å². The number of alkyl halides is 6. The van der Waals surface area contributed by atoms with E-state index in [4.69, 9.17) is 4.74 Å². The van der Waals surface area contributed by atoms with E-state index in [0.717, 1.165) is 30.4 Å². The predicted molar refractivity (Wildman–Crippen MR) is 155 cm³/mol. The molecule has 0 spiro atoms. The Morgan fingerprint density at radius 3 is 2.15 bits per heavy atom. The van der Waals surface area contributed by atoms with Crippen molar-refractivity contribution in [2.24, 2.45) is 5.92 Å². The van der Waals surface area contributed by atoms with Crippen LogP contribution in [0.25, 0.3) is 10.9 Å². The molecule has 1 aliphatic rings. The first-order chi connectivity index (χ1) is 21.8. The minimum atomic E-state index is -4.76. The van der Waals surface area contributed by atoms with Gasteiger partial charge in [-0.25, -0.2) is 0 Å².